The van der Waals surface area contributed by atoms with Gasteiger partial charge in [0.25, 0.3) is 0 Å². The average Bonchev–Trinajstić information content (AvgIpc) is 2.33. The van der Waals surface area contributed by atoms with E-state index in [1.807, 2.05) is 6.92 Å². The number of benzene rings is 1. The van der Waals surface area contributed by atoms with Gasteiger partial charge in [0.15, 0.2) is 0 Å². The number of hydrogen-bond acceptors (Lipinski definition) is 3. The summed E-state index contributed by atoms with van der Waals surface area (Å²) in [5, 5.41) is 5.61. The van der Waals surface area contributed by atoms with E-state index >= 15 is 0 Å². The van der Waals surface area contributed by atoms with Crippen LogP contribution in [0.2, 0.25) is 5.02 Å². The first-order valence-electron chi connectivity index (χ1n) is 6.12. The first-order chi connectivity index (χ1) is 9.39. The molecule has 1 aliphatic rings. The highest BCUT2D eigenvalue weighted by Crippen LogP contribution is 2.25. The number of rotatable bonds is 4. The van der Waals surface area contributed by atoms with E-state index in [0.717, 1.165) is 0 Å². The zero-order chi connectivity index (χ0) is 14.8. The quantitative estimate of drug-likeness (QED) is 0.788. The van der Waals surface area contributed by atoms with Gasteiger partial charge in [-0.05, 0) is 18.2 Å². The Hall–Kier alpha value is -1.79. The van der Waals surface area contributed by atoms with E-state index in [1.54, 1.807) is 6.07 Å². The molecule has 0 aromatic heterocycles. The molecule has 2 rings (SSSR count). The Balaban J connectivity index is 1.91. The molecule has 108 valence electrons. The van der Waals surface area contributed by atoms with Gasteiger partial charge in [-0.3, -0.25) is 4.79 Å². The maximum atomic E-state index is 11.7. The second-order valence-corrected chi connectivity index (χ2v) is 5.58. The van der Waals surface area contributed by atoms with Crippen LogP contribution in [-0.2, 0) is 4.74 Å². The molecule has 0 spiro atoms. The summed E-state index contributed by atoms with van der Waals surface area (Å²) in [6, 6.07) is 4.19. The molecule has 0 radical (unpaired) electrons. The number of halogens is 1. The first-order valence-corrected chi connectivity index (χ1v) is 6.49. The Kier molecular flexibility index (Phi) is 4.15. The summed E-state index contributed by atoms with van der Waals surface area (Å²) in [5.41, 5.74) is 5.87. The third-order valence-corrected chi connectivity index (χ3v) is 3.38. The van der Waals surface area contributed by atoms with Crippen LogP contribution < -0.4 is 16.4 Å². The van der Waals surface area contributed by atoms with Gasteiger partial charge in [-0.25, -0.2) is 4.79 Å². The minimum Gasteiger partial charge on any atom is -0.380 e. The van der Waals surface area contributed by atoms with Crippen LogP contribution in [0.15, 0.2) is 18.2 Å². The topological polar surface area (TPSA) is 93.5 Å². The molecule has 0 saturated carbocycles. The minimum absolute atomic E-state index is 0.00477. The molecule has 6 nitrogen and oxygen atoms in total. The van der Waals surface area contributed by atoms with Crippen LogP contribution in [0.25, 0.3) is 0 Å². The lowest BCUT2D eigenvalue weighted by Gasteiger charge is -2.37. The molecule has 20 heavy (non-hydrogen) atoms. The second kappa shape index (κ2) is 5.68. The van der Waals surface area contributed by atoms with Crippen molar-refractivity contribution >= 4 is 29.2 Å². The van der Waals surface area contributed by atoms with Crippen molar-refractivity contribution in [3.8, 4) is 0 Å². The SMILES string of the molecule is CC1(CNC(=O)Nc2ccc(C(N)=O)c(Cl)c2)COC1. The van der Waals surface area contributed by atoms with Gasteiger partial charge in [-0.1, -0.05) is 18.5 Å². The molecule has 7 heteroatoms. The fourth-order valence-corrected chi connectivity index (χ4v) is 2.09. The fraction of sp³-hybridized carbons (Fsp3) is 0.385. The van der Waals surface area contributed by atoms with Gasteiger partial charge < -0.3 is 21.1 Å². The number of carbonyl (C=O) groups is 2. The normalized spacial score (nSPS) is 16.1. The van der Waals surface area contributed by atoms with E-state index in [1.165, 1.54) is 12.1 Å². The maximum Gasteiger partial charge on any atom is 0.319 e. The molecule has 1 saturated heterocycles. The van der Waals surface area contributed by atoms with E-state index in [2.05, 4.69) is 10.6 Å². The molecule has 1 aromatic rings. The number of carbonyl (C=O) groups excluding carboxylic acids is 2. The lowest BCUT2D eigenvalue weighted by Crippen LogP contribution is -2.49. The van der Waals surface area contributed by atoms with Gasteiger partial charge in [0, 0.05) is 17.6 Å². The number of amides is 3. The van der Waals surface area contributed by atoms with Gasteiger partial charge in [0.1, 0.15) is 0 Å². The van der Waals surface area contributed by atoms with Crippen LogP contribution in [0.4, 0.5) is 10.5 Å². The molecule has 0 unspecified atom stereocenters. The second-order valence-electron chi connectivity index (χ2n) is 5.17. The van der Waals surface area contributed by atoms with Crippen molar-refractivity contribution in [2.24, 2.45) is 11.1 Å². The summed E-state index contributed by atoms with van der Waals surface area (Å²) in [6.07, 6.45) is 0. The molecular weight excluding hydrogens is 282 g/mol. The highest BCUT2D eigenvalue weighted by molar-refractivity contribution is 6.34. The molecule has 1 aliphatic heterocycles. The van der Waals surface area contributed by atoms with Gasteiger partial charge >= 0.3 is 6.03 Å². The van der Waals surface area contributed by atoms with Crippen LogP contribution in [0.1, 0.15) is 17.3 Å². The fourth-order valence-electron chi connectivity index (χ4n) is 1.81. The van der Waals surface area contributed by atoms with E-state index < -0.39 is 5.91 Å². The van der Waals surface area contributed by atoms with Crippen molar-refractivity contribution in [2.45, 2.75) is 6.92 Å². The maximum absolute atomic E-state index is 11.7. The summed E-state index contributed by atoms with van der Waals surface area (Å²) in [7, 11) is 0. The first kappa shape index (κ1) is 14.6. The monoisotopic (exact) mass is 297 g/mol. The Morgan fingerprint density at radius 1 is 1.45 bits per heavy atom. The molecule has 0 aliphatic carbocycles. The van der Waals surface area contributed by atoms with Crippen LogP contribution in [0.3, 0.4) is 0 Å². The Morgan fingerprint density at radius 3 is 2.65 bits per heavy atom. The van der Waals surface area contributed by atoms with E-state index in [-0.39, 0.29) is 22.0 Å². The molecule has 1 aromatic carbocycles. The lowest BCUT2D eigenvalue weighted by molar-refractivity contribution is -0.0974. The highest BCUT2D eigenvalue weighted by Gasteiger charge is 2.33. The summed E-state index contributed by atoms with van der Waals surface area (Å²) < 4.78 is 5.11. The summed E-state index contributed by atoms with van der Waals surface area (Å²) in [5.74, 6) is -0.607. The largest absolute Gasteiger partial charge is 0.380 e. The number of ether oxygens (including phenoxy) is 1. The Bertz CT molecular complexity index is 544. The number of nitrogens with two attached hydrogens (primary N) is 1. The number of hydrogen-bond donors (Lipinski definition) is 3. The third-order valence-electron chi connectivity index (χ3n) is 3.07. The van der Waals surface area contributed by atoms with Crippen molar-refractivity contribution in [1.29, 1.82) is 0 Å². The zero-order valence-electron chi connectivity index (χ0n) is 11.0. The number of anilines is 1. The van der Waals surface area contributed by atoms with Gasteiger partial charge in [0.05, 0.1) is 23.8 Å². The van der Waals surface area contributed by atoms with E-state index in [0.29, 0.717) is 25.4 Å². The minimum atomic E-state index is -0.607. The average molecular weight is 298 g/mol. The zero-order valence-corrected chi connectivity index (χ0v) is 11.8. The van der Waals surface area contributed by atoms with Gasteiger partial charge in [-0.2, -0.15) is 0 Å². The van der Waals surface area contributed by atoms with E-state index in [9.17, 15) is 9.59 Å². The smallest absolute Gasteiger partial charge is 0.319 e. The van der Waals surface area contributed by atoms with Crippen LogP contribution >= 0.6 is 11.6 Å². The highest BCUT2D eigenvalue weighted by atomic mass is 35.5. The van der Waals surface area contributed by atoms with Gasteiger partial charge in [0.2, 0.25) is 5.91 Å². The summed E-state index contributed by atoms with van der Waals surface area (Å²) in [6.45, 7) is 3.86. The Morgan fingerprint density at radius 2 is 2.15 bits per heavy atom. The molecule has 0 atom stereocenters. The van der Waals surface area contributed by atoms with Gasteiger partial charge in [-0.15, -0.1) is 0 Å². The van der Waals surface area contributed by atoms with Crippen molar-refractivity contribution in [3.63, 3.8) is 0 Å². The van der Waals surface area contributed by atoms with Crippen LogP contribution in [0, 0.1) is 5.41 Å². The lowest BCUT2D eigenvalue weighted by atomic mass is 9.89. The molecule has 3 amide bonds. The van der Waals surface area contributed by atoms with Crippen LogP contribution in [0.5, 0.6) is 0 Å². The number of nitrogens with one attached hydrogen (secondary N) is 2. The van der Waals surface area contributed by atoms with Crippen LogP contribution in [-0.4, -0.2) is 31.7 Å². The number of urea groups is 1. The predicted molar refractivity (Wildman–Crippen MR) is 75.9 cm³/mol. The third kappa shape index (κ3) is 3.40. The van der Waals surface area contributed by atoms with Crippen molar-refractivity contribution in [3.05, 3.63) is 28.8 Å². The molecule has 1 fully saturated rings. The molecule has 1 heterocycles. The summed E-state index contributed by atoms with van der Waals surface area (Å²) in [4.78, 5) is 22.8. The molecule has 4 N–H and O–H groups in total. The van der Waals surface area contributed by atoms with Crippen molar-refractivity contribution in [1.82, 2.24) is 5.32 Å². The van der Waals surface area contributed by atoms with Crippen molar-refractivity contribution in [2.75, 3.05) is 25.1 Å². The predicted octanol–water partition coefficient (Wildman–Crippen LogP) is 1.60. The standard InChI is InChI=1S/C13H16ClN3O3/c1-13(6-20-7-13)5-16-12(19)17-8-2-3-9(11(15)18)10(14)4-8/h2-4H,5-7H2,1H3,(H2,15,18)(H2,16,17,19). The van der Waals surface area contributed by atoms with Crippen molar-refractivity contribution < 1.29 is 14.3 Å². The molecular formula is C13H16ClN3O3. The molecule has 0 bridgehead atoms. The Labute approximate surface area is 121 Å². The van der Waals surface area contributed by atoms with E-state index in [4.69, 9.17) is 22.1 Å². The number of primary amides is 1. The summed E-state index contributed by atoms with van der Waals surface area (Å²) >= 11 is 5.90.